The highest BCUT2D eigenvalue weighted by Crippen LogP contribution is 2.41. The van der Waals surface area contributed by atoms with Crippen LogP contribution >= 0.6 is 0 Å². The van der Waals surface area contributed by atoms with Crippen LogP contribution in [0.4, 0.5) is 0 Å². The summed E-state index contributed by atoms with van der Waals surface area (Å²) in [6, 6.07) is -0.343. The Kier molecular flexibility index (Phi) is 3.15. The molecule has 96 valence electrons. The topological polar surface area (TPSA) is 49.4 Å². The highest BCUT2D eigenvalue weighted by Gasteiger charge is 2.51. The fourth-order valence-corrected chi connectivity index (χ4v) is 2.85. The van der Waals surface area contributed by atoms with E-state index < -0.39 is 0 Å². The molecule has 1 saturated heterocycles. The monoisotopic (exact) mass is 238 g/mol. The Morgan fingerprint density at radius 1 is 1.41 bits per heavy atom. The van der Waals surface area contributed by atoms with Crippen molar-refractivity contribution in [3.8, 4) is 0 Å². The van der Waals surface area contributed by atoms with Gasteiger partial charge in [0.15, 0.2) is 0 Å². The van der Waals surface area contributed by atoms with Crippen LogP contribution in [-0.2, 0) is 9.59 Å². The summed E-state index contributed by atoms with van der Waals surface area (Å²) in [7, 11) is 0. The molecule has 2 rings (SSSR count). The molecule has 1 N–H and O–H groups in total. The third-order valence-electron chi connectivity index (χ3n) is 3.95. The molecule has 0 aromatic heterocycles. The minimum atomic E-state index is -0.365. The van der Waals surface area contributed by atoms with Gasteiger partial charge in [-0.25, -0.2) is 0 Å². The Hall–Kier alpha value is -1.06. The van der Waals surface area contributed by atoms with Crippen molar-refractivity contribution >= 4 is 11.8 Å². The molecule has 0 aromatic rings. The van der Waals surface area contributed by atoms with E-state index in [1.807, 2.05) is 18.7 Å². The number of carbonyl (C=O) groups is 2. The van der Waals surface area contributed by atoms with Crippen molar-refractivity contribution < 1.29 is 9.59 Å². The van der Waals surface area contributed by atoms with Gasteiger partial charge in [-0.3, -0.25) is 9.59 Å². The van der Waals surface area contributed by atoms with E-state index in [1.54, 1.807) is 6.92 Å². The molecular weight excluding hydrogens is 216 g/mol. The highest BCUT2D eigenvalue weighted by molar-refractivity contribution is 5.97. The molecule has 0 radical (unpaired) electrons. The third kappa shape index (κ3) is 2.05. The maximum atomic E-state index is 12.2. The summed E-state index contributed by atoms with van der Waals surface area (Å²) in [5.41, 5.74) is 0. The zero-order valence-electron chi connectivity index (χ0n) is 11.1. The third-order valence-corrected chi connectivity index (χ3v) is 3.95. The molecule has 1 aliphatic heterocycles. The van der Waals surface area contributed by atoms with Crippen LogP contribution in [0.5, 0.6) is 0 Å². The maximum Gasteiger partial charge on any atom is 0.245 e. The number of piperazine rings is 1. The molecule has 1 saturated carbocycles. The van der Waals surface area contributed by atoms with Crippen LogP contribution in [0.15, 0.2) is 0 Å². The first-order valence-electron chi connectivity index (χ1n) is 6.59. The zero-order valence-corrected chi connectivity index (χ0v) is 11.1. The van der Waals surface area contributed by atoms with Crippen LogP contribution in [-0.4, -0.2) is 34.8 Å². The summed E-state index contributed by atoms with van der Waals surface area (Å²) < 4.78 is 0. The van der Waals surface area contributed by atoms with E-state index in [-0.39, 0.29) is 29.8 Å². The van der Waals surface area contributed by atoms with Crippen LogP contribution in [0.25, 0.3) is 0 Å². The SMILES string of the molecule is CCC1CC1N1C(=O)C(C)NC(=O)C1C(C)C. The van der Waals surface area contributed by atoms with Crippen LogP contribution in [0.1, 0.15) is 40.5 Å². The Bertz CT molecular complexity index is 340. The Morgan fingerprint density at radius 3 is 2.53 bits per heavy atom. The average molecular weight is 238 g/mol. The first kappa shape index (κ1) is 12.4. The van der Waals surface area contributed by atoms with Crippen LogP contribution in [0.2, 0.25) is 0 Å². The Balaban J connectivity index is 2.22. The van der Waals surface area contributed by atoms with E-state index >= 15 is 0 Å². The van der Waals surface area contributed by atoms with Gasteiger partial charge in [0, 0.05) is 6.04 Å². The van der Waals surface area contributed by atoms with Gasteiger partial charge in [-0.2, -0.15) is 0 Å². The highest BCUT2D eigenvalue weighted by atomic mass is 16.2. The van der Waals surface area contributed by atoms with E-state index in [9.17, 15) is 9.59 Å². The standard InChI is InChI=1S/C13H22N2O2/c1-5-9-6-10(9)15-11(7(2)3)12(16)14-8(4)13(15)17/h7-11H,5-6H2,1-4H3,(H,14,16). The molecule has 17 heavy (non-hydrogen) atoms. The molecule has 4 heteroatoms. The molecule has 2 fully saturated rings. The number of hydrogen-bond donors (Lipinski definition) is 1. The van der Waals surface area contributed by atoms with Gasteiger partial charge in [0.25, 0.3) is 0 Å². The van der Waals surface area contributed by atoms with Crippen molar-refractivity contribution in [2.45, 2.75) is 58.7 Å². The molecular formula is C13H22N2O2. The molecule has 4 nitrogen and oxygen atoms in total. The number of amides is 2. The largest absolute Gasteiger partial charge is 0.343 e. The normalized spacial score (nSPS) is 37.4. The lowest BCUT2D eigenvalue weighted by atomic mass is 9.97. The summed E-state index contributed by atoms with van der Waals surface area (Å²) in [6.07, 6.45) is 2.15. The summed E-state index contributed by atoms with van der Waals surface area (Å²) in [4.78, 5) is 26.1. The number of nitrogens with one attached hydrogen (secondary N) is 1. The van der Waals surface area contributed by atoms with Crippen LogP contribution in [0.3, 0.4) is 0 Å². The van der Waals surface area contributed by atoms with E-state index in [0.717, 1.165) is 12.8 Å². The quantitative estimate of drug-likeness (QED) is 0.802. The Morgan fingerprint density at radius 2 is 2.06 bits per heavy atom. The maximum absolute atomic E-state index is 12.2. The van der Waals surface area contributed by atoms with E-state index in [1.165, 1.54) is 0 Å². The second-order valence-corrected chi connectivity index (χ2v) is 5.64. The molecule has 1 heterocycles. The van der Waals surface area contributed by atoms with Crippen molar-refractivity contribution in [2.24, 2.45) is 11.8 Å². The molecule has 2 aliphatic rings. The average Bonchev–Trinajstić information content (AvgIpc) is 3.01. The first-order valence-corrected chi connectivity index (χ1v) is 6.59. The second kappa shape index (κ2) is 4.31. The lowest BCUT2D eigenvalue weighted by Gasteiger charge is -2.40. The van der Waals surface area contributed by atoms with Gasteiger partial charge < -0.3 is 10.2 Å². The van der Waals surface area contributed by atoms with Gasteiger partial charge in [0.05, 0.1) is 0 Å². The summed E-state index contributed by atoms with van der Waals surface area (Å²) in [5, 5.41) is 2.78. The summed E-state index contributed by atoms with van der Waals surface area (Å²) in [5.74, 6) is 0.862. The van der Waals surface area contributed by atoms with Crippen LogP contribution < -0.4 is 5.32 Å². The van der Waals surface area contributed by atoms with Crippen molar-refractivity contribution in [1.82, 2.24) is 10.2 Å². The molecule has 2 amide bonds. The predicted octanol–water partition coefficient (Wildman–Crippen LogP) is 1.16. The summed E-state index contributed by atoms with van der Waals surface area (Å²) in [6.45, 7) is 7.92. The predicted molar refractivity (Wildman–Crippen MR) is 65.3 cm³/mol. The number of rotatable bonds is 3. The fourth-order valence-electron chi connectivity index (χ4n) is 2.85. The smallest absolute Gasteiger partial charge is 0.245 e. The Labute approximate surface area is 103 Å². The zero-order chi connectivity index (χ0) is 12.7. The van der Waals surface area contributed by atoms with Gasteiger partial charge in [0.2, 0.25) is 11.8 Å². The number of nitrogens with zero attached hydrogens (tertiary/aromatic N) is 1. The van der Waals surface area contributed by atoms with Crippen molar-refractivity contribution in [3.63, 3.8) is 0 Å². The second-order valence-electron chi connectivity index (χ2n) is 5.64. The van der Waals surface area contributed by atoms with E-state index in [4.69, 9.17) is 0 Å². The molecule has 4 atom stereocenters. The number of hydrogen-bond acceptors (Lipinski definition) is 2. The van der Waals surface area contributed by atoms with Gasteiger partial charge in [-0.1, -0.05) is 27.2 Å². The minimum absolute atomic E-state index is 0.00820. The molecule has 0 aromatic carbocycles. The lowest BCUT2D eigenvalue weighted by molar-refractivity contribution is -0.151. The van der Waals surface area contributed by atoms with Gasteiger partial charge >= 0.3 is 0 Å². The van der Waals surface area contributed by atoms with Gasteiger partial charge in [-0.15, -0.1) is 0 Å². The van der Waals surface area contributed by atoms with Crippen molar-refractivity contribution in [3.05, 3.63) is 0 Å². The van der Waals surface area contributed by atoms with Gasteiger partial charge in [0.1, 0.15) is 12.1 Å². The van der Waals surface area contributed by atoms with E-state index in [2.05, 4.69) is 12.2 Å². The summed E-state index contributed by atoms with van der Waals surface area (Å²) >= 11 is 0. The van der Waals surface area contributed by atoms with Gasteiger partial charge in [-0.05, 0) is 25.2 Å². The minimum Gasteiger partial charge on any atom is -0.343 e. The molecule has 1 aliphatic carbocycles. The van der Waals surface area contributed by atoms with E-state index in [0.29, 0.717) is 12.0 Å². The lowest BCUT2D eigenvalue weighted by Crippen LogP contribution is -2.64. The molecule has 0 bridgehead atoms. The molecule has 4 unspecified atom stereocenters. The van der Waals surface area contributed by atoms with Crippen molar-refractivity contribution in [1.29, 1.82) is 0 Å². The first-order chi connectivity index (χ1) is 7.97. The fraction of sp³-hybridized carbons (Fsp3) is 0.846. The van der Waals surface area contributed by atoms with Crippen molar-refractivity contribution in [2.75, 3.05) is 0 Å². The molecule has 0 spiro atoms. The number of carbonyl (C=O) groups excluding carboxylic acids is 2. The van der Waals surface area contributed by atoms with Crippen LogP contribution in [0, 0.1) is 11.8 Å².